The molecule has 156 valence electrons. The second-order valence-corrected chi connectivity index (χ2v) is 8.94. The molecule has 8 nitrogen and oxygen atoms in total. The van der Waals surface area contributed by atoms with Crippen molar-refractivity contribution >= 4 is 15.9 Å². The highest BCUT2D eigenvalue weighted by Gasteiger charge is 2.32. The van der Waals surface area contributed by atoms with Gasteiger partial charge in [-0.3, -0.25) is 4.79 Å². The lowest BCUT2D eigenvalue weighted by molar-refractivity contribution is -0.122. The normalized spacial score (nSPS) is 19.3. The molecule has 0 aliphatic carbocycles. The summed E-state index contributed by atoms with van der Waals surface area (Å²) >= 11 is 0. The van der Waals surface area contributed by atoms with Crippen LogP contribution < -0.4 is 21.3 Å². The van der Waals surface area contributed by atoms with Gasteiger partial charge in [0.15, 0.2) is 0 Å². The average molecular weight is 419 g/mol. The Bertz CT molecular complexity index is 983. The van der Waals surface area contributed by atoms with Crippen molar-refractivity contribution in [2.75, 3.05) is 6.54 Å². The van der Waals surface area contributed by atoms with Crippen LogP contribution in [0.25, 0.3) is 0 Å². The maximum absolute atomic E-state index is 12.5. The first kappa shape index (κ1) is 21.3. The SMILES string of the molecule is Cc1cc(C)c(C2CC(C(=O)NCCc3ccc(S(N)(=O)=O)cc3)NN2)c(O)c1. The van der Waals surface area contributed by atoms with E-state index in [1.807, 2.05) is 19.9 Å². The fourth-order valence-electron chi connectivity index (χ4n) is 3.63. The predicted octanol–water partition coefficient (Wildman–Crippen LogP) is 0.923. The molecule has 0 bridgehead atoms. The summed E-state index contributed by atoms with van der Waals surface area (Å²) in [6.07, 6.45) is 1.09. The van der Waals surface area contributed by atoms with Crippen molar-refractivity contribution < 1.29 is 18.3 Å². The molecule has 2 atom stereocenters. The number of carbonyl (C=O) groups is 1. The average Bonchev–Trinajstić information content (AvgIpc) is 3.10. The molecule has 2 unspecified atom stereocenters. The lowest BCUT2D eigenvalue weighted by Gasteiger charge is -2.16. The third-order valence-corrected chi connectivity index (χ3v) is 5.97. The zero-order chi connectivity index (χ0) is 21.2. The van der Waals surface area contributed by atoms with E-state index in [4.69, 9.17) is 5.14 Å². The zero-order valence-corrected chi connectivity index (χ0v) is 17.2. The van der Waals surface area contributed by atoms with Crippen LogP contribution in [-0.4, -0.2) is 32.0 Å². The van der Waals surface area contributed by atoms with E-state index < -0.39 is 16.1 Å². The van der Waals surface area contributed by atoms with E-state index in [0.29, 0.717) is 19.4 Å². The minimum atomic E-state index is -3.70. The second-order valence-electron chi connectivity index (χ2n) is 7.37. The van der Waals surface area contributed by atoms with Crippen LogP contribution in [0.1, 0.15) is 34.7 Å². The molecule has 29 heavy (non-hydrogen) atoms. The summed E-state index contributed by atoms with van der Waals surface area (Å²) in [5.41, 5.74) is 9.75. The fraction of sp³-hybridized carbons (Fsp3) is 0.350. The minimum Gasteiger partial charge on any atom is -0.508 e. The van der Waals surface area contributed by atoms with Gasteiger partial charge >= 0.3 is 0 Å². The number of sulfonamides is 1. The van der Waals surface area contributed by atoms with E-state index in [9.17, 15) is 18.3 Å². The number of amides is 1. The first-order chi connectivity index (χ1) is 13.6. The van der Waals surface area contributed by atoms with E-state index in [0.717, 1.165) is 22.3 Å². The molecule has 1 fully saturated rings. The molecule has 1 amide bonds. The number of aryl methyl sites for hydroxylation is 2. The van der Waals surface area contributed by atoms with Crippen molar-refractivity contribution in [2.24, 2.45) is 5.14 Å². The number of rotatable bonds is 6. The molecule has 1 aliphatic rings. The number of hydrogen-bond acceptors (Lipinski definition) is 6. The van der Waals surface area contributed by atoms with Crippen molar-refractivity contribution in [2.45, 2.75) is 43.7 Å². The van der Waals surface area contributed by atoms with Gasteiger partial charge < -0.3 is 10.4 Å². The molecule has 2 aromatic rings. The molecule has 6 N–H and O–H groups in total. The highest BCUT2D eigenvalue weighted by molar-refractivity contribution is 7.89. The van der Waals surface area contributed by atoms with Gasteiger partial charge in [-0.15, -0.1) is 0 Å². The number of nitrogens with two attached hydrogens (primary N) is 1. The lowest BCUT2D eigenvalue weighted by Crippen LogP contribution is -2.43. The van der Waals surface area contributed by atoms with Crippen molar-refractivity contribution in [1.82, 2.24) is 16.2 Å². The Hall–Kier alpha value is -2.46. The summed E-state index contributed by atoms with van der Waals surface area (Å²) in [6.45, 7) is 4.29. The number of benzene rings is 2. The summed E-state index contributed by atoms with van der Waals surface area (Å²) in [4.78, 5) is 12.5. The van der Waals surface area contributed by atoms with Gasteiger partial charge in [-0.1, -0.05) is 18.2 Å². The zero-order valence-electron chi connectivity index (χ0n) is 16.4. The minimum absolute atomic E-state index is 0.0622. The van der Waals surface area contributed by atoms with E-state index in [-0.39, 0.29) is 22.6 Å². The Kier molecular flexibility index (Phi) is 6.23. The molecule has 1 aliphatic heterocycles. The standard InChI is InChI=1S/C20H26N4O4S/c1-12-9-13(2)19(18(25)10-12)16-11-17(24-23-16)20(26)22-8-7-14-3-5-15(6-4-14)29(21,27)28/h3-6,9-10,16-17,23-25H,7-8,11H2,1-2H3,(H,22,26)(H2,21,27,28). The number of hydrazine groups is 1. The van der Waals surface area contributed by atoms with Crippen LogP contribution in [0.4, 0.5) is 0 Å². The largest absolute Gasteiger partial charge is 0.508 e. The summed E-state index contributed by atoms with van der Waals surface area (Å²) < 4.78 is 22.5. The highest BCUT2D eigenvalue weighted by Crippen LogP contribution is 2.33. The van der Waals surface area contributed by atoms with Gasteiger partial charge in [0, 0.05) is 12.1 Å². The van der Waals surface area contributed by atoms with Crippen LogP contribution in [0.3, 0.4) is 0 Å². The molecular formula is C20H26N4O4S. The molecule has 0 radical (unpaired) electrons. The lowest BCUT2D eigenvalue weighted by atomic mass is 9.95. The van der Waals surface area contributed by atoms with Crippen LogP contribution in [0.5, 0.6) is 5.75 Å². The Morgan fingerprint density at radius 3 is 2.52 bits per heavy atom. The van der Waals surface area contributed by atoms with Crippen LogP contribution >= 0.6 is 0 Å². The van der Waals surface area contributed by atoms with Gasteiger partial charge in [-0.05, 0) is 61.6 Å². The van der Waals surface area contributed by atoms with Gasteiger partial charge in [-0.25, -0.2) is 24.4 Å². The molecule has 0 spiro atoms. The highest BCUT2D eigenvalue weighted by atomic mass is 32.2. The van der Waals surface area contributed by atoms with Crippen molar-refractivity contribution in [3.05, 3.63) is 58.7 Å². The maximum atomic E-state index is 12.5. The number of phenols is 1. The Balaban J connectivity index is 1.52. The molecule has 2 aromatic carbocycles. The van der Waals surface area contributed by atoms with E-state index >= 15 is 0 Å². The summed E-state index contributed by atoms with van der Waals surface area (Å²) in [7, 11) is -3.70. The first-order valence-electron chi connectivity index (χ1n) is 9.36. The predicted molar refractivity (Wildman–Crippen MR) is 110 cm³/mol. The molecule has 9 heteroatoms. The van der Waals surface area contributed by atoms with Crippen molar-refractivity contribution in [3.8, 4) is 5.75 Å². The number of nitrogens with one attached hydrogen (secondary N) is 3. The number of carbonyl (C=O) groups excluding carboxylic acids is 1. The van der Waals surface area contributed by atoms with Crippen LogP contribution in [-0.2, 0) is 21.2 Å². The maximum Gasteiger partial charge on any atom is 0.238 e. The summed E-state index contributed by atoms with van der Waals surface area (Å²) in [6, 6.07) is 9.43. The molecule has 0 saturated carbocycles. The van der Waals surface area contributed by atoms with Crippen molar-refractivity contribution in [1.29, 1.82) is 0 Å². The first-order valence-corrected chi connectivity index (χ1v) is 10.9. The van der Waals surface area contributed by atoms with E-state index in [1.165, 1.54) is 12.1 Å². The Morgan fingerprint density at radius 1 is 1.21 bits per heavy atom. The van der Waals surface area contributed by atoms with Crippen LogP contribution in [0.2, 0.25) is 0 Å². The Morgan fingerprint density at radius 2 is 1.90 bits per heavy atom. The van der Waals surface area contributed by atoms with Crippen molar-refractivity contribution in [3.63, 3.8) is 0 Å². The summed E-state index contributed by atoms with van der Waals surface area (Å²) in [5, 5.41) is 18.2. The van der Waals surface area contributed by atoms with E-state index in [2.05, 4.69) is 16.2 Å². The van der Waals surface area contributed by atoms with Gasteiger partial charge in [0.1, 0.15) is 11.8 Å². The number of phenolic OH excluding ortho intramolecular Hbond substituents is 1. The van der Waals surface area contributed by atoms with Gasteiger partial charge in [0.05, 0.1) is 10.9 Å². The molecule has 0 aromatic heterocycles. The topological polar surface area (TPSA) is 134 Å². The number of hydrogen-bond donors (Lipinski definition) is 5. The molecule has 1 saturated heterocycles. The third-order valence-electron chi connectivity index (χ3n) is 5.04. The van der Waals surface area contributed by atoms with Crippen LogP contribution in [0.15, 0.2) is 41.3 Å². The fourth-order valence-corrected chi connectivity index (χ4v) is 4.14. The number of primary sulfonamides is 1. The Labute approximate surface area is 170 Å². The van der Waals surface area contributed by atoms with E-state index in [1.54, 1.807) is 18.2 Å². The molecule has 3 rings (SSSR count). The quantitative estimate of drug-likeness (QED) is 0.474. The third kappa shape index (κ3) is 5.13. The molecule has 1 heterocycles. The number of aromatic hydroxyl groups is 1. The summed E-state index contributed by atoms with van der Waals surface area (Å²) in [5.74, 6) is 0.0937. The van der Waals surface area contributed by atoms with Gasteiger partial charge in [-0.2, -0.15) is 0 Å². The van der Waals surface area contributed by atoms with Gasteiger partial charge in [0.2, 0.25) is 15.9 Å². The molecular weight excluding hydrogens is 392 g/mol. The second kappa shape index (κ2) is 8.50. The monoisotopic (exact) mass is 418 g/mol. The van der Waals surface area contributed by atoms with Crippen LogP contribution in [0, 0.1) is 13.8 Å². The van der Waals surface area contributed by atoms with Gasteiger partial charge in [0.25, 0.3) is 0 Å². The smallest absolute Gasteiger partial charge is 0.238 e.